The Bertz CT molecular complexity index is 487. The summed E-state index contributed by atoms with van der Waals surface area (Å²) in [6.07, 6.45) is 1.48. The Labute approximate surface area is 112 Å². The van der Waals surface area contributed by atoms with Gasteiger partial charge in [0.05, 0.1) is 5.56 Å². The fraction of sp³-hybridized carbons (Fsp3) is 0.429. The van der Waals surface area contributed by atoms with Crippen molar-refractivity contribution in [2.45, 2.75) is 25.8 Å². The van der Waals surface area contributed by atoms with Crippen molar-refractivity contribution in [3.63, 3.8) is 0 Å². The Balaban J connectivity index is 2.26. The molecule has 0 unspecified atom stereocenters. The number of carbonyl (C=O) groups is 2. The fourth-order valence-corrected chi connectivity index (χ4v) is 2.47. The predicted octanol–water partition coefficient (Wildman–Crippen LogP) is 1.21. The minimum Gasteiger partial charge on any atom is -0.385 e. The molecule has 19 heavy (non-hydrogen) atoms. The number of likely N-dealkylation sites (tertiary alicyclic amines) is 1. The number of carbonyl (C=O) groups excluding carboxylic acids is 2. The maximum Gasteiger partial charge on any atom is 0.256 e. The van der Waals surface area contributed by atoms with Crippen molar-refractivity contribution in [1.82, 2.24) is 4.90 Å². The number of nitrogens with two attached hydrogens (primary N) is 1. The summed E-state index contributed by atoms with van der Waals surface area (Å²) in [5.74, 6) is -0.551. The first-order valence-electron chi connectivity index (χ1n) is 6.58. The molecule has 1 atom stereocenters. The van der Waals surface area contributed by atoms with Crippen LogP contribution < -0.4 is 11.1 Å². The van der Waals surface area contributed by atoms with Crippen LogP contribution >= 0.6 is 0 Å². The van der Waals surface area contributed by atoms with Crippen molar-refractivity contribution in [1.29, 1.82) is 0 Å². The molecule has 1 aromatic carbocycles. The van der Waals surface area contributed by atoms with Gasteiger partial charge in [0, 0.05) is 18.8 Å². The van der Waals surface area contributed by atoms with E-state index in [1.807, 2.05) is 25.1 Å². The van der Waals surface area contributed by atoms with Gasteiger partial charge in [-0.2, -0.15) is 0 Å². The van der Waals surface area contributed by atoms with Gasteiger partial charge in [-0.15, -0.1) is 0 Å². The minimum absolute atomic E-state index is 0.127. The van der Waals surface area contributed by atoms with E-state index in [0.717, 1.165) is 18.7 Å². The fourth-order valence-electron chi connectivity index (χ4n) is 2.47. The summed E-state index contributed by atoms with van der Waals surface area (Å²) in [5, 5.41) is 3.16. The van der Waals surface area contributed by atoms with Gasteiger partial charge in [-0.25, -0.2) is 0 Å². The molecule has 5 nitrogen and oxygen atoms in total. The highest BCUT2D eigenvalue weighted by molar-refractivity contribution is 6.01. The van der Waals surface area contributed by atoms with Crippen molar-refractivity contribution in [2.24, 2.45) is 5.73 Å². The highest BCUT2D eigenvalue weighted by atomic mass is 16.2. The van der Waals surface area contributed by atoms with Gasteiger partial charge >= 0.3 is 0 Å². The first-order chi connectivity index (χ1) is 9.15. The van der Waals surface area contributed by atoms with Crippen molar-refractivity contribution in [3.05, 3.63) is 29.8 Å². The largest absolute Gasteiger partial charge is 0.385 e. The van der Waals surface area contributed by atoms with Gasteiger partial charge in [0.2, 0.25) is 5.91 Å². The molecular formula is C14H19N3O2. The zero-order valence-electron chi connectivity index (χ0n) is 11.1. The van der Waals surface area contributed by atoms with E-state index in [4.69, 9.17) is 5.73 Å². The average Bonchev–Trinajstić information content (AvgIpc) is 2.88. The molecule has 0 saturated carbocycles. The van der Waals surface area contributed by atoms with Crippen LogP contribution in [0.1, 0.15) is 30.1 Å². The number of nitrogens with one attached hydrogen (secondary N) is 1. The van der Waals surface area contributed by atoms with E-state index in [-0.39, 0.29) is 5.91 Å². The third-order valence-corrected chi connectivity index (χ3v) is 3.37. The molecular weight excluding hydrogens is 242 g/mol. The molecule has 0 spiro atoms. The van der Waals surface area contributed by atoms with E-state index in [1.165, 1.54) is 0 Å². The number of nitrogens with zero attached hydrogens (tertiary/aromatic N) is 1. The molecule has 1 saturated heterocycles. The monoisotopic (exact) mass is 261 g/mol. The van der Waals surface area contributed by atoms with E-state index in [1.54, 1.807) is 11.0 Å². The van der Waals surface area contributed by atoms with E-state index in [9.17, 15) is 9.59 Å². The Kier molecular flexibility index (Phi) is 4.04. The van der Waals surface area contributed by atoms with Crippen LogP contribution in [0, 0.1) is 0 Å². The van der Waals surface area contributed by atoms with Gasteiger partial charge in [-0.1, -0.05) is 12.1 Å². The summed E-state index contributed by atoms with van der Waals surface area (Å²) in [5.41, 5.74) is 6.74. The zero-order chi connectivity index (χ0) is 13.8. The van der Waals surface area contributed by atoms with Crippen LogP contribution in [0.25, 0.3) is 0 Å². The molecule has 102 valence electrons. The number of benzene rings is 1. The van der Waals surface area contributed by atoms with Gasteiger partial charge in [0.25, 0.3) is 5.91 Å². The van der Waals surface area contributed by atoms with Crippen LogP contribution in [0.3, 0.4) is 0 Å². The molecule has 1 fully saturated rings. The maximum atomic E-state index is 12.5. The highest BCUT2D eigenvalue weighted by Gasteiger charge is 2.33. The van der Waals surface area contributed by atoms with Crippen LogP contribution in [0.15, 0.2) is 24.3 Å². The number of primary amides is 1. The van der Waals surface area contributed by atoms with Crippen LogP contribution in [0.2, 0.25) is 0 Å². The van der Waals surface area contributed by atoms with E-state index in [0.29, 0.717) is 18.5 Å². The molecule has 1 aliphatic rings. The zero-order valence-corrected chi connectivity index (χ0v) is 11.1. The van der Waals surface area contributed by atoms with E-state index >= 15 is 0 Å². The topological polar surface area (TPSA) is 75.4 Å². The molecule has 2 rings (SSSR count). The van der Waals surface area contributed by atoms with Crippen LogP contribution in [0.5, 0.6) is 0 Å². The Morgan fingerprint density at radius 2 is 2.16 bits per heavy atom. The molecule has 0 bridgehead atoms. The van der Waals surface area contributed by atoms with Crippen molar-refractivity contribution in [2.75, 3.05) is 18.4 Å². The predicted molar refractivity (Wildman–Crippen MR) is 73.9 cm³/mol. The van der Waals surface area contributed by atoms with Crippen molar-refractivity contribution >= 4 is 17.5 Å². The number of hydrogen-bond acceptors (Lipinski definition) is 3. The second kappa shape index (κ2) is 5.73. The van der Waals surface area contributed by atoms with Crippen LogP contribution in [0.4, 0.5) is 5.69 Å². The Morgan fingerprint density at radius 3 is 2.84 bits per heavy atom. The summed E-state index contributed by atoms with van der Waals surface area (Å²) in [6.45, 7) is 3.31. The lowest BCUT2D eigenvalue weighted by molar-refractivity contribution is -0.121. The van der Waals surface area contributed by atoms with Gasteiger partial charge in [-0.3, -0.25) is 9.59 Å². The van der Waals surface area contributed by atoms with Crippen molar-refractivity contribution < 1.29 is 9.59 Å². The molecule has 1 aromatic rings. The Morgan fingerprint density at radius 1 is 1.42 bits per heavy atom. The molecule has 3 N–H and O–H groups in total. The summed E-state index contributed by atoms with van der Waals surface area (Å²) < 4.78 is 0. The summed E-state index contributed by atoms with van der Waals surface area (Å²) in [6, 6.07) is 6.87. The third kappa shape index (κ3) is 2.70. The second-order valence-corrected chi connectivity index (χ2v) is 4.63. The lowest BCUT2D eigenvalue weighted by Gasteiger charge is -2.23. The number of hydrogen-bond donors (Lipinski definition) is 2. The number of anilines is 1. The van der Waals surface area contributed by atoms with Crippen LogP contribution in [-0.4, -0.2) is 35.8 Å². The van der Waals surface area contributed by atoms with Gasteiger partial charge in [0.15, 0.2) is 0 Å². The molecule has 0 radical (unpaired) electrons. The highest BCUT2D eigenvalue weighted by Crippen LogP contribution is 2.23. The normalized spacial score (nSPS) is 18.4. The average molecular weight is 261 g/mol. The van der Waals surface area contributed by atoms with E-state index < -0.39 is 11.9 Å². The van der Waals surface area contributed by atoms with Gasteiger partial charge < -0.3 is 16.0 Å². The molecule has 2 amide bonds. The molecule has 1 heterocycles. The lowest BCUT2D eigenvalue weighted by atomic mass is 10.1. The van der Waals surface area contributed by atoms with E-state index in [2.05, 4.69) is 5.32 Å². The third-order valence-electron chi connectivity index (χ3n) is 3.37. The molecule has 0 aliphatic carbocycles. The molecule has 5 heteroatoms. The number of amides is 2. The van der Waals surface area contributed by atoms with Gasteiger partial charge in [0.1, 0.15) is 6.04 Å². The summed E-state index contributed by atoms with van der Waals surface area (Å²) >= 11 is 0. The summed E-state index contributed by atoms with van der Waals surface area (Å²) in [4.78, 5) is 25.5. The molecule has 0 aromatic heterocycles. The molecule has 1 aliphatic heterocycles. The maximum absolute atomic E-state index is 12.5. The van der Waals surface area contributed by atoms with Crippen molar-refractivity contribution in [3.8, 4) is 0 Å². The lowest BCUT2D eigenvalue weighted by Crippen LogP contribution is -2.43. The first kappa shape index (κ1) is 13.4. The van der Waals surface area contributed by atoms with Gasteiger partial charge in [-0.05, 0) is 31.9 Å². The summed E-state index contributed by atoms with van der Waals surface area (Å²) in [7, 11) is 0. The second-order valence-electron chi connectivity index (χ2n) is 4.63. The smallest absolute Gasteiger partial charge is 0.256 e. The number of rotatable bonds is 4. The Hall–Kier alpha value is -2.04. The standard InChI is InChI=1S/C14H19N3O2/c1-2-16-11-7-4-3-6-10(11)14(19)17-9-5-8-12(17)13(15)18/h3-4,6-7,12,16H,2,5,8-9H2,1H3,(H2,15,18)/t12-/m1/s1. The SMILES string of the molecule is CCNc1ccccc1C(=O)N1CCC[C@@H]1C(N)=O. The number of para-hydroxylation sites is 1. The minimum atomic E-state index is -0.470. The first-order valence-corrected chi connectivity index (χ1v) is 6.58. The van der Waals surface area contributed by atoms with Crippen LogP contribution in [-0.2, 0) is 4.79 Å². The quantitative estimate of drug-likeness (QED) is 0.855.